The third kappa shape index (κ3) is 32.2. The van der Waals surface area contributed by atoms with E-state index >= 15 is 0 Å². The van der Waals surface area contributed by atoms with Crippen LogP contribution in [0.4, 0.5) is 65.2 Å². The summed E-state index contributed by atoms with van der Waals surface area (Å²) in [6.07, 6.45) is -0.179. The van der Waals surface area contributed by atoms with Crippen molar-refractivity contribution in [2.45, 2.75) is 118 Å². The van der Waals surface area contributed by atoms with Crippen LogP contribution in [0.25, 0.3) is 0 Å². The van der Waals surface area contributed by atoms with Crippen LogP contribution in [0.2, 0.25) is 0 Å². The molecule has 0 aliphatic carbocycles. The molecule has 1 saturated heterocycles. The summed E-state index contributed by atoms with van der Waals surface area (Å²) in [5, 5.41) is 36.6. The lowest BCUT2D eigenvalue weighted by Gasteiger charge is -2.20. The fourth-order valence-corrected chi connectivity index (χ4v) is 5.12. The van der Waals surface area contributed by atoms with Crippen molar-refractivity contribution < 1.29 is 57.2 Å². The quantitative estimate of drug-likeness (QED) is 0.0436. The predicted molar refractivity (Wildman–Crippen MR) is 288 cm³/mol. The number of alkyl carbamates (subject to hydrolysis) is 2. The molecule has 0 bridgehead atoms. The first kappa shape index (κ1) is 64.3. The third-order valence-corrected chi connectivity index (χ3v) is 8.04. The Balaban J connectivity index is 0.000000404. The van der Waals surface area contributed by atoms with Gasteiger partial charge in [-0.2, -0.15) is 15.5 Å². The number of hydrogen-bond acceptors (Lipinski definition) is 20. The molecule has 0 spiro atoms. The number of carbonyl (C=O) groups is 6. The molecule has 5 rings (SSSR count). The van der Waals surface area contributed by atoms with Crippen LogP contribution in [0.3, 0.4) is 0 Å². The Labute approximate surface area is 448 Å². The molecule has 3 heterocycles. The Kier molecular flexibility index (Phi) is 26.6. The van der Waals surface area contributed by atoms with Crippen molar-refractivity contribution in [3.63, 3.8) is 0 Å². The molecule has 2 aromatic heterocycles. The Morgan fingerprint density at radius 1 is 0.558 bits per heavy atom. The van der Waals surface area contributed by atoms with E-state index in [-0.39, 0.29) is 48.7 Å². The number of rotatable bonds is 12. The Hall–Kier alpha value is -8.79. The molecule has 4 aromatic rings. The second kappa shape index (κ2) is 31.8. The molecule has 1 aliphatic rings. The predicted octanol–water partition coefficient (Wildman–Crippen LogP) is 11.1. The maximum Gasteiger partial charge on any atom is 0.413 e. The smallest absolute Gasteiger partial charge is 0.413 e. The number of ether oxygens (including phenoxy) is 6. The van der Waals surface area contributed by atoms with E-state index in [4.69, 9.17) is 34.7 Å². The topological polar surface area (TPSA) is 343 Å². The first-order chi connectivity index (χ1) is 36.0. The van der Waals surface area contributed by atoms with E-state index in [1.165, 1.54) is 25.0 Å². The zero-order valence-corrected chi connectivity index (χ0v) is 45.6. The maximum absolute atomic E-state index is 12.4. The summed E-state index contributed by atoms with van der Waals surface area (Å²) in [7, 11) is 0. The summed E-state index contributed by atoms with van der Waals surface area (Å²) in [6.45, 7) is 21.8. The number of amides is 5. The number of nitriles is 1. The number of nitrogen functional groups attached to an aromatic ring is 1. The van der Waals surface area contributed by atoms with Crippen LogP contribution >= 0.6 is 0 Å². The van der Waals surface area contributed by atoms with E-state index in [0.29, 0.717) is 17.1 Å². The molecule has 2 aromatic carbocycles. The van der Waals surface area contributed by atoms with Crippen LogP contribution in [-0.4, -0.2) is 102 Å². The molecule has 7 N–H and O–H groups in total. The number of hydrogen-bond donors (Lipinski definition) is 6. The highest BCUT2D eigenvalue weighted by atomic mass is 16.6. The number of aromatic nitrogens is 2. The molecule has 0 saturated carbocycles. The number of anilines is 4. The molecule has 25 nitrogen and oxygen atoms in total. The average molecular weight is 1070 g/mol. The van der Waals surface area contributed by atoms with Crippen molar-refractivity contribution in [2.24, 2.45) is 20.5 Å². The normalized spacial score (nSPS) is 12.0. The maximum atomic E-state index is 12.4. The van der Waals surface area contributed by atoms with Crippen molar-refractivity contribution in [1.82, 2.24) is 20.6 Å². The standard InChI is InChI=1S/C23H30N6O5.C16H19N5O2.C9H14N2O4.C4H8O/c1-22(2,3)33-20(31)24-14-18(30)27-19-16(29-28-15-10-8-7-9-11-15)12-13-17(25-19)26-21(32)34-23(4,5)6;1-16(2,3)23-15(22)19-13-10-9-12(14(17)18-13)21-20-11-7-5-4-6-8-11;1-9(2,3)15-8(13)11-6-7(12)14-5-4-10;1-2-4-5-3-1/h7-13H,14H2,1-6H3,(H,24,31)(H2,25,26,27,30,32);4-10H,1-3H3,(H3,17,18,19,22);5-6H2,1-3H3,(H,11,13);1-4H2. The van der Waals surface area contributed by atoms with Gasteiger partial charge in [0.2, 0.25) is 5.91 Å². The van der Waals surface area contributed by atoms with Gasteiger partial charge in [-0.1, -0.05) is 36.4 Å². The van der Waals surface area contributed by atoms with Gasteiger partial charge in [-0.15, -0.1) is 10.2 Å². The summed E-state index contributed by atoms with van der Waals surface area (Å²) in [5.41, 5.74) is 5.21. The molecule has 0 atom stereocenters. The van der Waals surface area contributed by atoms with Crippen molar-refractivity contribution in [3.05, 3.63) is 84.9 Å². The third-order valence-electron chi connectivity index (χ3n) is 8.04. The van der Waals surface area contributed by atoms with Crippen molar-refractivity contribution in [1.29, 1.82) is 5.26 Å². The number of carbonyl (C=O) groups excluding carboxylic acids is 6. The molecule has 1 aliphatic heterocycles. The van der Waals surface area contributed by atoms with Gasteiger partial charge in [-0.25, -0.2) is 29.1 Å². The molecule has 1 fully saturated rings. The summed E-state index contributed by atoms with van der Waals surface area (Å²) < 4.78 is 29.7. The van der Waals surface area contributed by atoms with Crippen molar-refractivity contribution in [3.8, 4) is 6.07 Å². The number of nitrogens with one attached hydrogen (secondary N) is 5. The van der Waals surface area contributed by atoms with E-state index in [9.17, 15) is 28.8 Å². The Morgan fingerprint density at radius 3 is 1.39 bits per heavy atom. The van der Waals surface area contributed by atoms with Gasteiger partial charge in [-0.05, 0) is 144 Å². The molecular weight excluding hydrogens is 999 g/mol. The molecule has 0 unspecified atom stereocenters. The lowest BCUT2D eigenvalue weighted by molar-refractivity contribution is -0.141. The van der Waals surface area contributed by atoms with Crippen LogP contribution in [0, 0.1) is 11.3 Å². The van der Waals surface area contributed by atoms with Gasteiger partial charge in [0.05, 0.1) is 11.4 Å². The Morgan fingerprint density at radius 2 is 0.974 bits per heavy atom. The van der Waals surface area contributed by atoms with Crippen LogP contribution in [0.5, 0.6) is 0 Å². The number of pyridine rings is 2. The molecule has 0 radical (unpaired) electrons. The highest BCUT2D eigenvalue weighted by Crippen LogP contribution is 2.28. The minimum absolute atomic E-state index is 0.0317. The molecule has 77 heavy (non-hydrogen) atoms. The second-order valence-corrected chi connectivity index (χ2v) is 19.9. The monoisotopic (exact) mass is 1070 g/mol. The zero-order valence-electron chi connectivity index (χ0n) is 45.6. The zero-order chi connectivity index (χ0) is 57.7. The van der Waals surface area contributed by atoms with E-state index < -0.39 is 58.7 Å². The van der Waals surface area contributed by atoms with Gasteiger partial charge in [0.15, 0.2) is 18.2 Å². The minimum Gasteiger partial charge on any atom is -0.449 e. The van der Waals surface area contributed by atoms with Crippen LogP contribution in [-0.2, 0) is 38.0 Å². The average Bonchev–Trinajstić information content (AvgIpc) is 3.91. The van der Waals surface area contributed by atoms with Gasteiger partial charge in [0, 0.05) is 13.2 Å². The minimum atomic E-state index is -0.736. The van der Waals surface area contributed by atoms with E-state index in [1.54, 1.807) is 113 Å². The summed E-state index contributed by atoms with van der Waals surface area (Å²) in [6, 6.07) is 26.1. The van der Waals surface area contributed by atoms with Gasteiger partial charge in [0.25, 0.3) is 0 Å². The van der Waals surface area contributed by atoms with Crippen LogP contribution < -0.4 is 32.3 Å². The largest absolute Gasteiger partial charge is 0.449 e. The lowest BCUT2D eigenvalue weighted by atomic mass is 10.2. The van der Waals surface area contributed by atoms with Gasteiger partial charge in [-0.3, -0.25) is 20.2 Å². The summed E-state index contributed by atoms with van der Waals surface area (Å²) in [4.78, 5) is 78.2. The lowest BCUT2D eigenvalue weighted by Crippen LogP contribution is -2.37. The number of benzene rings is 2. The fourth-order valence-electron chi connectivity index (χ4n) is 5.12. The Bertz CT molecular complexity index is 2630. The van der Waals surface area contributed by atoms with Crippen LogP contribution in [0.1, 0.15) is 95.9 Å². The first-order valence-electron chi connectivity index (χ1n) is 24.0. The number of esters is 1. The number of azo groups is 2. The first-order valence-corrected chi connectivity index (χ1v) is 24.0. The SMILES string of the molecule is C1CCOC1.CC(C)(C)OC(=O)NCC(=O)Nc1nc(NC(=O)OC(C)(C)C)ccc1N=Nc1ccccc1.CC(C)(C)OC(=O)NCC(=O)OCC#N.CC(C)(C)OC(=O)Nc1ccc(N=Nc2ccccc2)c(N)n1. The van der Waals surface area contributed by atoms with Crippen molar-refractivity contribution >= 4 is 82.3 Å². The molecular formula is C52H71N13O12. The number of nitrogens with zero attached hydrogens (tertiary/aromatic N) is 7. The molecule has 416 valence electrons. The second-order valence-electron chi connectivity index (χ2n) is 19.9. The van der Waals surface area contributed by atoms with Crippen LogP contribution in [0.15, 0.2) is 105 Å². The number of nitrogens with two attached hydrogens (primary N) is 1. The van der Waals surface area contributed by atoms with Gasteiger partial charge < -0.3 is 50.1 Å². The highest BCUT2D eigenvalue weighted by molar-refractivity contribution is 5.96. The summed E-state index contributed by atoms with van der Waals surface area (Å²) >= 11 is 0. The van der Waals surface area contributed by atoms with Crippen molar-refractivity contribution in [2.75, 3.05) is 54.6 Å². The van der Waals surface area contributed by atoms with Gasteiger partial charge >= 0.3 is 30.3 Å². The van der Waals surface area contributed by atoms with Gasteiger partial charge in [0.1, 0.15) is 64.6 Å². The molecule has 25 heteroatoms. The highest BCUT2D eigenvalue weighted by Gasteiger charge is 2.21. The van der Waals surface area contributed by atoms with E-state index in [0.717, 1.165) is 13.2 Å². The molecule has 5 amide bonds. The van der Waals surface area contributed by atoms with E-state index in [1.807, 2.05) is 48.5 Å². The summed E-state index contributed by atoms with van der Waals surface area (Å²) in [5.74, 6) is -0.646. The fraction of sp³-hybridized carbons (Fsp3) is 0.442. The van der Waals surface area contributed by atoms with E-state index in [2.05, 4.69) is 61.7 Å².